The summed E-state index contributed by atoms with van der Waals surface area (Å²) in [6.45, 7) is 0.292. The Morgan fingerprint density at radius 2 is 1.74 bits per heavy atom. The summed E-state index contributed by atoms with van der Waals surface area (Å²) in [5.74, 6) is 0.424. The van der Waals surface area contributed by atoms with Crippen molar-refractivity contribution in [1.82, 2.24) is 4.90 Å². The Hall–Kier alpha value is -2.99. The van der Waals surface area contributed by atoms with E-state index in [1.807, 2.05) is 59.5 Å². The van der Waals surface area contributed by atoms with Gasteiger partial charge in [0.25, 0.3) is 5.91 Å². The van der Waals surface area contributed by atoms with Gasteiger partial charge in [0.1, 0.15) is 5.75 Å². The van der Waals surface area contributed by atoms with E-state index in [0.29, 0.717) is 6.54 Å². The third kappa shape index (κ3) is 5.79. The molecule has 1 saturated carbocycles. The van der Waals surface area contributed by atoms with E-state index in [-0.39, 0.29) is 30.3 Å². The van der Waals surface area contributed by atoms with Gasteiger partial charge in [0.15, 0.2) is 6.61 Å². The minimum absolute atomic E-state index is 0.151. The van der Waals surface area contributed by atoms with Gasteiger partial charge in [-0.05, 0) is 53.4 Å². The molecule has 0 radical (unpaired) electrons. The molecule has 31 heavy (non-hydrogen) atoms. The van der Waals surface area contributed by atoms with Crippen LogP contribution in [0.3, 0.4) is 0 Å². The molecule has 0 saturated heterocycles. The number of carbonyl (C=O) groups excluding carboxylic acids is 2. The van der Waals surface area contributed by atoms with Crippen molar-refractivity contribution < 1.29 is 19.1 Å². The fraction of sp³-hybridized carbons (Fsp3) is 0.280. The number of thioether (sulfide) groups is 1. The lowest BCUT2D eigenvalue weighted by Crippen LogP contribution is -2.36. The summed E-state index contributed by atoms with van der Waals surface area (Å²) < 4.78 is 10.5. The first-order valence-corrected chi connectivity index (χ1v) is 11.3. The molecule has 6 heteroatoms. The molecular formula is C25H25NO4S. The molecule has 0 bridgehead atoms. The SMILES string of the molecule is COc1ccc(CN(C(=O)COC(=O)CSc2ccc3ccccc3c2)C2CC2)cc1. The second kappa shape index (κ2) is 9.88. The standard InChI is InChI=1S/C25H25NO4S/c1-29-22-11-6-18(7-12-22)15-26(21-9-10-21)24(27)16-30-25(28)17-31-23-13-8-19-4-2-3-5-20(19)14-23/h2-8,11-14,21H,9-10,15-17H2,1H3. The Morgan fingerprint density at radius 3 is 2.45 bits per heavy atom. The van der Waals surface area contributed by atoms with Crippen molar-refractivity contribution >= 4 is 34.4 Å². The van der Waals surface area contributed by atoms with Crippen LogP contribution in [0.2, 0.25) is 0 Å². The van der Waals surface area contributed by atoms with E-state index in [9.17, 15) is 9.59 Å². The molecule has 1 aliphatic rings. The van der Waals surface area contributed by atoms with Gasteiger partial charge in [-0.15, -0.1) is 11.8 Å². The second-order valence-electron chi connectivity index (χ2n) is 7.56. The lowest BCUT2D eigenvalue weighted by molar-refractivity contribution is -0.150. The third-order valence-corrected chi connectivity index (χ3v) is 6.22. The van der Waals surface area contributed by atoms with E-state index in [1.165, 1.54) is 11.8 Å². The highest BCUT2D eigenvalue weighted by Gasteiger charge is 2.32. The van der Waals surface area contributed by atoms with Gasteiger partial charge in [-0.25, -0.2) is 0 Å². The van der Waals surface area contributed by atoms with Crippen molar-refractivity contribution in [3.05, 3.63) is 72.3 Å². The number of fused-ring (bicyclic) bond motifs is 1. The number of benzene rings is 3. The van der Waals surface area contributed by atoms with Crippen molar-refractivity contribution in [2.75, 3.05) is 19.5 Å². The molecule has 0 atom stereocenters. The zero-order valence-corrected chi connectivity index (χ0v) is 18.3. The van der Waals surface area contributed by atoms with E-state index in [1.54, 1.807) is 7.11 Å². The summed E-state index contributed by atoms with van der Waals surface area (Å²) in [7, 11) is 1.63. The lowest BCUT2D eigenvalue weighted by atomic mass is 10.1. The Labute approximate surface area is 186 Å². The smallest absolute Gasteiger partial charge is 0.316 e. The Morgan fingerprint density at radius 1 is 1.00 bits per heavy atom. The summed E-state index contributed by atoms with van der Waals surface area (Å²) in [5.41, 5.74) is 1.03. The van der Waals surface area contributed by atoms with Crippen molar-refractivity contribution in [3.63, 3.8) is 0 Å². The number of rotatable bonds is 9. The normalized spacial score (nSPS) is 13.1. The molecule has 1 fully saturated rings. The molecule has 1 amide bonds. The fourth-order valence-corrected chi connectivity index (χ4v) is 4.14. The van der Waals surface area contributed by atoms with Crippen LogP contribution in [-0.2, 0) is 20.9 Å². The van der Waals surface area contributed by atoms with Gasteiger partial charge in [0.2, 0.25) is 0 Å². The molecule has 0 unspecified atom stereocenters. The molecule has 4 rings (SSSR count). The van der Waals surface area contributed by atoms with E-state index >= 15 is 0 Å². The molecule has 160 valence electrons. The average molecular weight is 436 g/mol. The average Bonchev–Trinajstić information content (AvgIpc) is 3.65. The summed E-state index contributed by atoms with van der Waals surface area (Å²) in [6.07, 6.45) is 1.99. The number of methoxy groups -OCH3 is 1. The molecule has 3 aromatic rings. The third-order valence-electron chi connectivity index (χ3n) is 5.25. The lowest BCUT2D eigenvalue weighted by Gasteiger charge is -2.22. The zero-order chi connectivity index (χ0) is 21.6. The highest BCUT2D eigenvalue weighted by atomic mass is 32.2. The Balaban J connectivity index is 1.27. The first kappa shape index (κ1) is 21.2. The molecule has 0 aliphatic heterocycles. The minimum Gasteiger partial charge on any atom is -0.497 e. The molecule has 0 heterocycles. The van der Waals surface area contributed by atoms with Gasteiger partial charge in [-0.2, -0.15) is 0 Å². The van der Waals surface area contributed by atoms with Gasteiger partial charge in [-0.1, -0.05) is 42.5 Å². The summed E-state index contributed by atoms with van der Waals surface area (Å²) >= 11 is 1.42. The zero-order valence-electron chi connectivity index (χ0n) is 17.5. The van der Waals surface area contributed by atoms with Gasteiger partial charge in [-0.3, -0.25) is 9.59 Å². The number of ether oxygens (including phenoxy) is 2. The van der Waals surface area contributed by atoms with Crippen molar-refractivity contribution in [2.45, 2.75) is 30.3 Å². The topological polar surface area (TPSA) is 55.8 Å². The molecule has 0 spiro atoms. The van der Waals surface area contributed by atoms with Crippen molar-refractivity contribution in [2.24, 2.45) is 0 Å². The van der Waals surface area contributed by atoms with E-state index in [2.05, 4.69) is 12.1 Å². The largest absolute Gasteiger partial charge is 0.497 e. The fourth-order valence-electron chi connectivity index (χ4n) is 3.40. The van der Waals surface area contributed by atoms with Crippen molar-refractivity contribution in [3.8, 4) is 5.75 Å². The summed E-state index contributed by atoms with van der Waals surface area (Å²) in [5, 5.41) is 2.30. The summed E-state index contributed by atoms with van der Waals surface area (Å²) in [6, 6.07) is 22.1. The highest BCUT2D eigenvalue weighted by Crippen LogP contribution is 2.29. The van der Waals surface area contributed by atoms with Crippen LogP contribution in [0.1, 0.15) is 18.4 Å². The Bertz CT molecular complexity index is 1060. The van der Waals surface area contributed by atoms with Gasteiger partial charge < -0.3 is 14.4 Å². The van der Waals surface area contributed by atoms with Gasteiger partial charge in [0, 0.05) is 17.5 Å². The quantitative estimate of drug-likeness (QED) is 0.361. The Kier molecular flexibility index (Phi) is 6.77. The van der Waals surface area contributed by atoms with Gasteiger partial charge >= 0.3 is 5.97 Å². The first-order chi connectivity index (χ1) is 15.1. The molecule has 3 aromatic carbocycles. The molecule has 0 N–H and O–H groups in total. The minimum atomic E-state index is -0.383. The van der Waals surface area contributed by atoms with E-state index in [4.69, 9.17) is 9.47 Å². The van der Waals surface area contributed by atoms with Gasteiger partial charge in [0.05, 0.1) is 12.9 Å². The number of nitrogens with zero attached hydrogens (tertiary/aromatic N) is 1. The van der Waals surface area contributed by atoms with Crippen LogP contribution >= 0.6 is 11.8 Å². The van der Waals surface area contributed by atoms with E-state index < -0.39 is 0 Å². The predicted molar refractivity (Wildman–Crippen MR) is 122 cm³/mol. The summed E-state index contributed by atoms with van der Waals surface area (Å²) in [4.78, 5) is 27.7. The molecule has 5 nitrogen and oxygen atoms in total. The van der Waals surface area contributed by atoms with Crippen LogP contribution in [0.4, 0.5) is 0 Å². The van der Waals surface area contributed by atoms with Crippen LogP contribution in [-0.4, -0.2) is 42.3 Å². The molecule has 0 aromatic heterocycles. The first-order valence-electron chi connectivity index (χ1n) is 10.3. The maximum atomic E-state index is 12.7. The number of amides is 1. The molecular weight excluding hydrogens is 410 g/mol. The maximum Gasteiger partial charge on any atom is 0.316 e. The van der Waals surface area contributed by atoms with Crippen LogP contribution in [0.25, 0.3) is 10.8 Å². The number of hydrogen-bond donors (Lipinski definition) is 0. The molecule has 1 aliphatic carbocycles. The highest BCUT2D eigenvalue weighted by molar-refractivity contribution is 8.00. The van der Waals surface area contributed by atoms with Crippen molar-refractivity contribution in [1.29, 1.82) is 0 Å². The van der Waals surface area contributed by atoms with Crippen LogP contribution in [0.15, 0.2) is 71.6 Å². The number of hydrogen-bond acceptors (Lipinski definition) is 5. The maximum absolute atomic E-state index is 12.7. The second-order valence-corrected chi connectivity index (χ2v) is 8.61. The predicted octanol–water partition coefficient (Wildman–Crippen LogP) is 4.67. The van der Waals surface area contributed by atoms with Crippen LogP contribution in [0.5, 0.6) is 5.75 Å². The van der Waals surface area contributed by atoms with E-state index in [0.717, 1.165) is 39.8 Å². The number of carbonyl (C=O) groups is 2. The monoisotopic (exact) mass is 435 g/mol. The van der Waals surface area contributed by atoms with Crippen LogP contribution < -0.4 is 4.74 Å². The van der Waals surface area contributed by atoms with Crippen LogP contribution in [0, 0.1) is 0 Å². The number of esters is 1.